The van der Waals surface area contributed by atoms with Crippen LogP contribution in [0.25, 0.3) is 0 Å². The standard InChI is InChI=1S/C17H19NO/c1-11-3-5-13(6-4-11)17-16-10-15(19)8-7-14(16)9-12(2)18-17/h3-8,10,12,17-19H,9H2,1-2H3. The molecule has 0 bridgehead atoms. The van der Waals surface area contributed by atoms with E-state index in [4.69, 9.17) is 0 Å². The molecular weight excluding hydrogens is 234 g/mol. The zero-order valence-corrected chi connectivity index (χ0v) is 11.4. The molecule has 0 saturated carbocycles. The molecular formula is C17H19NO. The lowest BCUT2D eigenvalue weighted by Crippen LogP contribution is -2.37. The van der Waals surface area contributed by atoms with Gasteiger partial charge in [0.2, 0.25) is 0 Å². The number of hydrogen-bond donors (Lipinski definition) is 2. The summed E-state index contributed by atoms with van der Waals surface area (Å²) in [5.41, 5.74) is 5.05. The summed E-state index contributed by atoms with van der Waals surface area (Å²) in [7, 11) is 0. The largest absolute Gasteiger partial charge is 0.508 e. The number of benzene rings is 2. The lowest BCUT2D eigenvalue weighted by Gasteiger charge is -2.32. The summed E-state index contributed by atoms with van der Waals surface area (Å²) in [5.74, 6) is 0.340. The summed E-state index contributed by atoms with van der Waals surface area (Å²) in [6.45, 7) is 4.30. The Morgan fingerprint density at radius 2 is 1.84 bits per heavy atom. The summed E-state index contributed by atoms with van der Waals surface area (Å²) >= 11 is 0. The van der Waals surface area contributed by atoms with E-state index in [9.17, 15) is 5.11 Å². The highest BCUT2D eigenvalue weighted by Crippen LogP contribution is 2.32. The second-order valence-electron chi connectivity index (χ2n) is 5.50. The van der Waals surface area contributed by atoms with Crippen molar-refractivity contribution in [1.29, 1.82) is 0 Å². The summed E-state index contributed by atoms with van der Waals surface area (Å²) < 4.78 is 0. The van der Waals surface area contributed by atoms with Crippen molar-refractivity contribution in [3.8, 4) is 5.75 Å². The molecule has 0 fully saturated rings. The van der Waals surface area contributed by atoms with Crippen LogP contribution in [0.15, 0.2) is 42.5 Å². The Morgan fingerprint density at radius 3 is 2.58 bits per heavy atom. The van der Waals surface area contributed by atoms with Crippen molar-refractivity contribution in [1.82, 2.24) is 5.32 Å². The number of phenols is 1. The van der Waals surface area contributed by atoms with E-state index >= 15 is 0 Å². The highest BCUT2D eigenvalue weighted by atomic mass is 16.3. The Labute approximate surface area is 114 Å². The van der Waals surface area contributed by atoms with Gasteiger partial charge in [-0.05, 0) is 49.1 Å². The Hall–Kier alpha value is -1.80. The van der Waals surface area contributed by atoms with Crippen molar-refractivity contribution in [2.24, 2.45) is 0 Å². The quantitative estimate of drug-likeness (QED) is 0.817. The Bertz CT molecular complexity index is 589. The van der Waals surface area contributed by atoms with Crippen molar-refractivity contribution < 1.29 is 5.11 Å². The summed E-state index contributed by atoms with van der Waals surface area (Å²) in [4.78, 5) is 0. The Balaban J connectivity index is 2.07. The molecule has 0 aliphatic carbocycles. The number of nitrogens with one attached hydrogen (secondary N) is 1. The lowest BCUT2D eigenvalue weighted by molar-refractivity contribution is 0.450. The third kappa shape index (κ3) is 2.36. The van der Waals surface area contributed by atoms with Crippen LogP contribution in [0.4, 0.5) is 0 Å². The minimum absolute atomic E-state index is 0.173. The third-order valence-corrected chi connectivity index (χ3v) is 3.83. The Kier molecular flexibility index (Phi) is 3.03. The number of aromatic hydroxyl groups is 1. The van der Waals surface area contributed by atoms with Crippen molar-refractivity contribution in [2.75, 3.05) is 0 Å². The predicted molar refractivity (Wildman–Crippen MR) is 77.4 cm³/mol. The van der Waals surface area contributed by atoms with Gasteiger partial charge in [0.25, 0.3) is 0 Å². The number of hydrogen-bond acceptors (Lipinski definition) is 2. The van der Waals surface area contributed by atoms with E-state index in [0.717, 1.165) is 6.42 Å². The predicted octanol–water partition coefficient (Wildman–Crippen LogP) is 3.32. The smallest absolute Gasteiger partial charge is 0.115 e. The number of rotatable bonds is 1. The molecule has 2 N–H and O–H groups in total. The maximum Gasteiger partial charge on any atom is 0.115 e. The van der Waals surface area contributed by atoms with Gasteiger partial charge < -0.3 is 10.4 Å². The minimum atomic E-state index is 0.173. The topological polar surface area (TPSA) is 32.3 Å². The first kappa shape index (κ1) is 12.2. The fourth-order valence-electron chi connectivity index (χ4n) is 2.83. The normalized spacial score (nSPS) is 22.0. The lowest BCUT2D eigenvalue weighted by atomic mass is 9.87. The molecule has 2 nitrogen and oxygen atoms in total. The molecule has 1 aliphatic rings. The zero-order valence-electron chi connectivity index (χ0n) is 11.4. The van der Waals surface area contributed by atoms with E-state index in [1.807, 2.05) is 12.1 Å². The maximum atomic E-state index is 9.74. The van der Waals surface area contributed by atoms with E-state index in [1.54, 1.807) is 6.07 Å². The van der Waals surface area contributed by atoms with E-state index in [1.165, 1.54) is 22.3 Å². The molecule has 0 radical (unpaired) electrons. The van der Waals surface area contributed by atoms with Gasteiger partial charge in [-0.25, -0.2) is 0 Å². The molecule has 19 heavy (non-hydrogen) atoms. The van der Waals surface area contributed by atoms with Gasteiger partial charge in [-0.3, -0.25) is 0 Å². The monoisotopic (exact) mass is 253 g/mol. The SMILES string of the molecule is Cc1ccc(C2NC(C)Cc3ccc(O)cc32)cc1. The van der Waals surface area contributed by atoms with Crippen LogP contribution in [-0.2, 0) is 6.42 Å². The summed E-state index contributed by atoms with van der Waals surface area (Å²) in [5, 5.41) is 13.4. The first-order valence-electron chi connectivity index (χ1n) is 6.78. The molecule has 2 aromatic rings. The molecule has 2 aromatic carbocycles. The van der Waals surface area contributed by atoms with Gasteiger partial charge in [0.05, 0.1) is 6.04 Å². The van der Waals surface area contributed by atoms with Gasteiger partial charge in [0.15, 0.2) is 0 Å². The van der Waals surface area contributed by atoms with Crippen LogP contribution in [0.1, 0.15) is 35.2 Å². The van der Waals surface area contributed by atoms with Gasteiger partial charge in [-0.2, -0.15) is 0 Å². The molecule has 2 heteroatoms. The number of fused-ring (bicyclic) bond motifs is 1. The summed E-state index contributed by atoms with van der Waals surface area (Å²) in [6.07, 6.45) is 1.01. The molecule has 0 spiro atoms. The van der Waals surface area contributed by atoms with E-state index in [-0.39, 0.29) is 6.04 Å². The van der Waals surface area contributed by atoms with Gasteiger partial charge in [-0.1, -0.05) is 35.9 Å². The van der Waals surface area contributed by atoms with Gasteiger partial charge in [0.1, 0.15) is 5.75 Å². The van der Waals surface area contributed by atoms with Crippen molar-refractivity contribution in [2.45, 2.75) is 32.4 Å². The van der Waals surface area contributed by atoms with Crippen molar-refractivity contribution in [3.05, 3.63) is 64.7 Å². The van der Waals surface area contributed by atoms with Crippen LogP contribution in [0.5, 0.6) is 5.75 Å². The maximum absolute atomic E-state index is 9.74. The van der Waals surface area contributed by atoms with E-state index in [0.29, 0.717) is 11.8 Å². The average Bonchev–Trinajstić information content (AvgIpc) is 2.39. The fraction of sp³-hybridized carbons (Fsp3) is 0.294. The second kappa shape index (κ2) is 4.71. The minimum Gasteiger partial charge on any atom is -0.508 e. The average molecular weight is 253 g/mol. The highest BCUT2D eigenvalue weighted by Gasteiger charge is 2.25. The third-order valence-electron chi connectivity index (χ3n) is 3.83. The Morgan fingerprint density at radius 1 is 1.11 bits per heavy atom. The van der Waals surface area contributed by atoms with Crippen LogP contribution in [0, 0.1) is 6.92 Å². The van der Waals surface area contributed by atoms with Crippen LogP contribution < -0.4 is 5.32 Å². The molecule has 98 valence electrons. The summed E-state index contributed by atoms with van der Waals surface area (Å²) in [6, 6.07) is 14.9. The van der Waals surface area contributed by atoms with Crippen LogP contribution >= 0.6 is 0 Å². The molecule has 2 unspecified atom stereocenters. The van der Waals surface area contributed by atoms with Crippen LogP contribution in [0.3, 0.4) is 0 Å². The van der Waals surface area contributed by atoms with Crippen LogP contribution in [0.2, 0.25) is 0 Å². The molecule has 2 atom stereocenters. The molecule has 1 heterocycles. The zero-order chi connectivity index (χ0) is 13.4. The number of aryl methyl sites for hydroxylation is 1. The van der Waals surface area contributed by atoms with Crippen molar-refractivity contribution in [3.63, 3.8) is 0 Å². The second-order valence-corrected chi connectivity index (χ2v) is 5.50. The van der Waals surface area contributed by atoms with Crippen LogP contribution in [-0.4, -0.2) is 11.1 Å². The first-order valence-corrected chi connectivity index (χ1v) is 6.78. The molecule has 0 saturated heterocycles. The fourth-order valence-corrected chi connectivity index (χ4v) is 2.83. The van der Waals surface area contributed by atoms with Gasteiger partial charge in [0, 0.05) is 6.04 Å². The van der Waals surface area contributed by atoms with Crippen molar-refractivity contribution >= 4 is 0 Å². The van der Waals surface area contributed by atoms with Gasteiger partial charge in [-0.15, -0.1) is 0 Å². The van der Waals surface area contributed by atoms with E-state index in [2.05, 4.69) is 43.4 Å². The molecule has 3 rings (SSSR count). The molecule has 0 aromatic heterocycles. The van der Waals surface area contributed by atoms with E-state index < -0.39 is 0 Å². The van der Waals surface area contributed by atoms with Gasteiger partial charge >= 0.3 is 0 Å². The molecule has 0 amide bonds. The molecule has 1 aliphatic heterocycles. The first-order chi connectivity index (χ1) is 9.13. The number of phenolic OH excluding ortho intramolecular Hbond substituents is 1. The highest BCUT2D eigenvalue weighted by molar-refractivity contribution is 5.44.